The fourth-order valence-electron chi connectivity index (χ4n) is 3.17. The average Bonchev–Trinajstić information content (AvgIpc) is 2.88. The molecule has 1 saturated heterocycles. The van der Waals surface area contributed by atoms with Crippen molar-refractivity contribution in [2.24, 2.45) is 0 Å². The quantitative estimate of drug-likeness (QED) is 0.889. The first-order chi connectivity index (χ1) is 9.37. The van der Waals surface area contributed by atoms with Crippen molar-refractivity contribution >= 4 is 9.84 Å². The minimum atomic E-state index is -2.93. The highest BCUT2D eigenvalue weighted by atomic mass is 32.2. The van der Waals surface area contributed by atoms with Crippen molar-refractivity contribution < 1.29 is 8.42 Å². The molecule has 1 aliphatic heterocycles. The Morgan fingerprint density at radius 1 is 1.35 bits per heavy atom. The van der Waals surface area contributed by atoms with Crippen LogP contribution in [-0.4, -0.2) is 36.8 Å². The summed E-state index contributed by atoms with van der Waals surface area (Å²) in [4.78, 5) is 0. The Morgan fingerprint density at radius 2 is 2.05 bits per heavy atom. The maximum atomic E-state index is 11.9. The highest BCUT2D eigenvalue weighted by molar-refractivity contribution is 7.91. The fraction of sp³-hybridized carbons (Fsp3) is 0.786. The van der Waals surface area contributed by atoms with Crippen molar-refractivity contribution in [2.75, 3.05) is 18.6 Å². The SMILES string of the molecule is CCc1nn(C2(C)CCS(=O)(=O)C2)c(CC)c1CNC. The van der Waals surface area contributed by atoms with Crippen LogP contribution < -0.4 is 5.32 Å². The Labute approximate surface area is 121 Å². The maximum absolute atomic E-state index is 11.9. The summed E-state index contributed by atoms with van der Waals surface area (Å²) >= 11 is 0. The zero-order valence-corrected chi connectivity index (χ0v) is 13.7. The Bertz CT molecular complexity index is 592. The average molecular weight is 299 g/mol. The lowest BCUT2D eigenvalue weighted by molar-refractivity contribution is 0.316. The van der Waals surface area contributed by atoms with Gasteiger partial charge in [-0.25, -0.2) is 8.42 Å². The minimum Gasteiger partial charge on any atom is -0.316 e. The van der Waals surface area contributed by atoms with Gasteiger partial charge in [0.2, 0.25) is 0 Å². The molecule has 1 aromatic rings. The summed E-state index contributed by atoms with van der Waals surface area (Å²) in [6.45, 7) is 7.01. The number of nitrogens with zero attached hydrogens (tertiary/aromatic N) is 2. The van der Waals surface area contributed by atoms with Crippen LogP contribution >= 0.6 is 0 Å². The number of hydrogen-bond acceptors (Lipinski definition) is 4. The van der Waals surface area contributed by atoms with Gasteiger partial charge in [0.15, 0.2) is 9.84 Å². The first kappa shape index (κ1) is 15.5. The number of rotatable bonds is 5. The lowest BCUT2D eigenvalue weighted by Gasteiger charge is -2.25. The van der Waals surface area contributed by atoms with Crippen LogP contribution in [0.3, 0.4) is 0 Å². The summed E-state index contributed by atoms with van der Waals surface area (Å²) in [5.41, 5.74) is 3.11. The molecule has 1 aromatic heterocycles. The fourth-order valence-corrected chi connectivity index (χ4v) is 5.28. The zero-order chi connectivity index (χ0) is 15.0. The molecule has 114 valence electrons. The molecule has 0 saturated carbocycles. The van der Waals surface area contributed by atoms with Crippen LogP contribution in [-0.2, 0) is 34.8 Å². The largest absolute Gasteiger partial charge is 0.316 e. The van der Waals surface area contributed by atoms with E-state index in [0.29, 0.717) is 6.42 Å². The molecule has 2 heterocycles. The van der Waals surface area contributed by atoms with Gasteiger partial charge in [0.05, 0.1) is 22.7 Å². The molecule has 0 spiro atoms. The van der Waals surface area contributed by atoms with E-state index in [1.54, 1.807) is 0 Å². The topological polar surface area (TPSA) is 64.0 Å². The predicted octanol–water partition coefficient (Wildman–Crippen LogP) is 1.26. The van der Waals surface area contributed by atoms with Crippen molar-refractivity contribution in [3.8, 4) is 0 Å². The summed E-state index contributed by atoms with van der Waals surface area (Å²) in [6, 6.07) is 0. The number of hydrogen-bond donors (Lipinski definition) is 1. The molecule has 1 atom stereocenters. The Morgan fingerprint density at radius 3 is 2.50 bits per heavy atom. The minimum absolute atomic E-state index is 0.205. The molecule has 0 bridgehead atoms. The van der Waals surface area contributed by atoms with Gasteiger partial charge >= 0.3 is 0 Å². The van der Waals surface area contributed by atoms with E-state index in [2.05, 4.69) is 19.2 Å². The van der Waals surface area contributed by atoms with Gasteiger partial charge in [0.1, 0.15) is 0 Å². The summed E-state index contributed by atoms with van der Waals surface area (Å²) < 4.78 is 25.7. The van der Waals surface area contributed by atoms with E-state index in [1.807, 2.05) is 18.7 Å². The standard InChI is InChI=1S/C14H25N3O2S/c1-5-12-11(9-15-4)13(6-2)17(16-12)14(3)7-8-20(18,19)10-14/h15H,5-10H2,1-4H3. The lowest BCUT2D eigenvalue weighted by Crippen LogP contribution is -2.34. The Balaban J connectivity index is 2.52. The first-order valence-corrected chi connectivity index (χ1v) is 9.14. The molecule has 2 rings (SSSR count). The second-order valence-corrected chi connectivity index (χ2v) is 8.04. The van der Waals surface area contributed by atoms with Gasteiger partial charge in [-0.15, -0.1) is 0 Å². The third-order valence-electron chi connectivity index (χ3n) is 4.19. The Kier molecular flexibility index (Phi) is 4.25. The molecule has 20 heavy (non-hydrogen) atoms. The maximum Gasteiger partial charge on any atom is 0.152 e. The van der Waals surface area contributed by atoms with Crippen LogP contribution in [0.2, 0.25) is 0 Å². The summed E-state index contributed by atoms with van der Waals surface area (Å²) in [6.07, 6.45) is 2.41. The molecule has 0 aromatic carbocycles. The summed E-state index contributed by atoms with van der Waals surface area (Å²) in [5.74, 6) is 0.478. The molecule has 0 radical (unpaired) electrons. The molecule has 5 nitrogen and oxygen atoms in total. The number of aryl methyl sites for hydroxylation is 1. The summed E-state index contributed by atoms with van der Waals surface area (Å²) in [7, 11) is -0.998. The van der Waals surface area contributed by atoms with Gasteiger partial charge in [-0.1, -0.05) is 13.8 Å². The van der Waals surface area contributed by atoms with Crippen molar-refractivity contribution in [2.45, 2.75) is 52.1 Å². The monoisotopic (exact) mass is 299 g/mol. The summed E-state index contributed by atoms with van der Waals surface area (Å²) in [5, 5.41) is 7.94. The second-order valence-electron chi connectivity index (χ2n) is 5.86. The molecule has 0 aliphatic carbocycles. The van der Waals surface area contributed by atoms with Gasteiger partial charge in [-0.2, -0.15) is 5.10 Å². The van der Waals surface area contributed by atoms with Crippen LogP contribution in [0.25, 0.3) is 0 Å². The van der Waals surface area contributed by atoms with E-state index in [4.69, 9.17) is 5.10 Å². The molecule has 1 N–H and O–H groups in total. The first-order valence-electron chi connectivity index (χ1n) is 7.32. The van der Waals surface area contributed by atoms with Crippen LogP contribution in [0.15, 0.2) is 0 Å². The van der Waals surface area contributed by atoms with Gasteiger partial charge in [0, 0.05) is 17.8 Å². The van der Waals surface area contributed by atoms with E-state index in [9.17, 15) is 8.42 Å². The van der Waals surface area contributed by atoms with Crippen LogP contribution in [0, 0.1) is 0 Å². The molecular weight excluding hydrogens is 274 g/mol. The molecule has 1 aliphatic rings. The predicted molar refractivity (Wildman–Crippen MR) is 80.7 cm³/mol. The highest BCUT2D eigenvalue weighted by Gasteiger charge is 2.42. The van der Waals surface area contributed by atoms with Gasteiger partial charge in [-0.3, -0.25) is 4.68 Å². The number of sulfone groups is 1. The van der Waals surface area contributed by atoms with Gasteiger partial charge in [0.25, 0.3) is 0 Å². The third kappa shape index (κ3) is 2.63. The molecule has 1 fully saturated rings. The van der Waals surface area contributed by atoms with E-state index in [-0.39, 0.29) is 17.0 Å². The normalized spacial score (nSPS) is 25.2. The van der Waals surface area contributed by atoms with Crippen LogP contribution in [0.4, 0.5) is 0 Å². The molecule has 6 heteroatoms. The lowest BCUT2D eigenvalue weighted by atomic mass is 10.0. The van der Waals surface area contributed by atoms with Gasteiger partial charge < -0.3 is 5.32 Å². The van der Waals surface area contributed by atoms with E-state index >= 15 is 0 Å². The van der Waals surface area contributed by atoms with Crippen molar-refractivity contribution in [1.82, 2.24) is 15.1 Å². The Hall–Kier alpha value is -0.880. The smallest absolute Gasteiger partial charge is 0.152 e. The van der Waals surface area contributed by atoms with Crippen LogP contribution in [0.1, 0.15) is 44.1 Å². The zero-order valence-electron chi connectivity index (χ0n) is 12.9. The molecule has 1 unspecified atom stereocenters. The van der Waals surface area contributed by atoms with Crippen molar-refractivity contribution in [1.29, 1.82) is 0 Å². The van der Waals surface area contributed by atoms with E-state index < -0.39 is 9.84 Å². The van der Waals surface area contributed by atoms with Gasteiger partial charge in [-0.05, 0) is 33.2 Å². The number of nitrogens with one attached hydrogen (secondary N) is 1. The molecule has 0 amide bonds. The van der Waals surface area contributed by atoms with Crippen molar-refractivity contribution in [3.63, 3.8) is 0 Å². The highest BCUT2D eigenvalue weighted by Crippen LogP contribution is 2.33. The number of aromatic nitrogens is 2. The van der Waals surface area contributed by atoms with E-state index in [1.165, 1.54) is 11.3 Å². The van der Waals surface area contributed by atoms with Crippen molar-refractivity contribution in [3.05, 3.63) is 17.0 Å². The van der Waals surface area contributed by atoms with E-state index in [0.717, 1.165) is 25.1 Å². The third-order valence-corrected chi connectivity index (χ3v) is 6.08. The molecular formula is C14H25N3O2S. The van der Waals surface area contributed by atoms with Crippen LogP contribution in [0.5, 0.6) is 0 Å². The second kappa shape index (κ2) is 5.48.